The molecule has 1 heterocycles. The van der Waals surface area contributed by atoms with Crippen LogP contribution >= 0.6 is 11.6 Å². The van der Waals surface area contributed by atoms with Gasteiger partial charge in [-0.25, -0.2) is 9.36 Å². The zero-order chi connectivity index (χ0) is 15.0. The normalized spacial score (nSPS) is 10.8. The first kappa shape index (κ1) is 13.5. The second-order valence-electron chi connectivity index (χ2n) is 4.35. The topological polar surface area (TPSA) is 61.4 Å². The Kier molecular flexibility index (Phi) is 3.27. The van der Waals surface area contributed by atoms with E-state index >= 15 is 0 Å². The van der Waals surface area contributed by atoms with Crippen molar-refractivity contribution < 1.29 is 9.15 Å². The van der Waals surface area contributed by atoms with Crippen LogP contribution in [0.15, 0.2) is 56.5 Å². The molecule has 0 fully saturated rings. The van der Waals surface area contributed by atoms with E-state index in [1.165, 1.54) is 13.2 Å². The largest absolute Gasteiger partial charge is 0.497 e. The third-order valence-electron chi connectivity index (χ3n) is 3.09. The van der Waals surface area contributed by atoms with E-state index in [4.69, 9.17) is 20.8 Å². The lowest BCUT2D eigenvalue weighted by molar-refractivity contribution is 0.413. The molecule has 0 saturated heterocycles. The van der Waals surface area contributed by atoms with Gasteiger partial charge in [0.2, 0.25) is 0 Å². The van der Waals surface area contributed by atoms with Crippen LogP contribution in [0.4, 0.5) is 0 Å². The standard InChI is InChI=1S/C15H10ClNO4/c1-20-11-6-7-12-13(8-11)21-15(19)17(14(12)18)10-4-2-9(16)3-5-10/h2-8H,1H3. The molecule has 0 amide bonds. The molecule has 0 aliphatic carbocycles. The average molecular weight is 304 g/mol. The molecule has 3 aromatic rings. The van der Waals surface area contributed by atoms with Gasteiger partial charge in [-0.1, -0.05) is 11.6 Å². The molecule has 5 nitrogen and oxygen atoms in total. The van der Waals surface area contributed by atoms with Gasteiger partial charge in [0.1, 0.15) is 11.3 Å². The molecule has 106 valence electrons. The van der Waals surface area contributed by atoms with E-state index in [0.29, 0.717) is 21.8 Å². The van der Waals surface area contributed by atoms with Gasteiger partial charge in [-0.05, 0) is 36.4 Å². The number of rotatable bonds is 2. The highest BCUT2D eigenvalue weighted by Crippen LogP contribution is 2.18. The summed E-state index contributed by atoms with van der Waals surface area (Å²) in [5.74, 6) is -0.252. The lowest BCUT2D eigenvalue weighted by atomic mass is 10.2. The van der Waals surface area contributed by atoms with E-state index in [-0.39, 0.29) is 5.58 Å². The van der Waals surface area contributed by atoms with Crippen molar-refractivity contribution in [3.8, 4) is 11.4 Å². The molecule has 0 bridgehead atoms. The maximum absolute atomic E-state index is 12.5. The van der Waals surface area contributed by atoms with Crippen LogP contribution in [-0.4, -0.2) is 11.7 Å². The molecule has 0 radical (unpaired) electrons. The molecule has 3 rings (SSSR count). The van der Waals surface area contributed by atoms with Gasteiger partial charge in [0.15, 0.2) is 0 Å². The number of nitrogens with zero attached hydrogens (tertiary/aromatic N) is 1. The van der Waals surface area contributed by atoms with Crippen LogP contribution in [0.3, 0.4) is 0 Å². The highest BCUT2D eigenvalue weighted by molar-refractivity contribution is 6.30. The van der Waals surface area contributed by atoms with Crippen molar-refractivity contribution in [1.82, 2.24) is 4.57 Å². The van der Waals surface area contributed by atoms with Crippen molar-refractivity contribution in [3.05, 3.63) is 68.4 Å². The first-order valence-corrected chi connectivity index (χ1v) is 6.48. The summed E-state index contributed by atoms with van der Waals surface area (Å²) in [4.78, 5) is 24.5. The third kappa shape index (κ3) is 2.32. The zero-order valence-corrected chi connectivity index (χ0v) is 11.8. The second-order valence-corrected chi connectivity index (χ2v) is 4.78. The number of ether oxygens (including phenoxy) is 1. The van der Waals surface area contributed by atoms with Crippen molar-refractivity contribution >= 4 is 22.6 Å². The summed E-state index contributed by atoms with van der Waals surface area (Å²) in [5.41, 5.74) is 0.136. The molecule has 0 N–H and O–H groups in total. The smallest absolute Gasteiger partial charge is 0.426 e. The fourth-order valence-electron chi connectivity index (χ4n) is 2.05. The summed E-state index contributed by atoms with van der Waals surface area (Å²) >= 11 is 5.80. The summed E-state index contributed by atoms with van der Waals surface area (Å²) in [6.07, 6.45) is 0. The molecule has 21 heavy (non-hydrogen) atoms. The van der Waals surface area contributed by atoms with Crippen LogP contribution in [0, 0.1) is 0 Å². The number of benzene rings is 2. The summed E-state index contributed by atoms with van der Waals surface area (Å²) in [6.45, 7) is 0. The lowest BCUT2D eigenvalue weighted by Crippen LogP contribution is -2.30. The number of methoxy groups -OCH3 is 1. The summed E-state index contributed by atoms with van der Waals surface area (Å²) in [5, 5.41) is 0.812. The molecule has 0 aliphatic heterocycles. The number of hydrogen-bond acceptors (Lipinski definition) is 4. The Hall–Kier alpha value is -2.53. The van der Waals surface area contributed by atoms with Gasteiger partial charge in [0, 0.05) is 11.1 Å². The Balaban J connectivity index is 2.32. The van der Waals surface area contributed by atoms with Gasteiger partial charge in [-0.15, -0.1) is 0 Å². The summed E-state index contributed by atoms with van der Waals surface area (Å²) in [7, 11) is 1.49. The van der Waals surface area contributed by atoms with E-state index in [1.54, 1.807) is 36.4 Å². The van der Waals surface area contributed by atoms with Crippen molar-refractivity contribution in [2.24, 2.45) is 0 Å². The minimum atomic E-state index is -0.761. The minimum Gasteiger partial charge on any atom is -0.497 e. The van der Waals surface area contributed by atoms with Crippen LogP contribution in [0.25, 0.3) is 16.7 Å². The first-order valence-electron chi connectivity index (χ1n) is 6.10. The maximum Gasteiger partial charge on any atom is 0.426 e. The van der Waals surface area contributed by atoms with Crippen molar-refractivity contribution in [1.29, 1.82) is 0 Å². The highest BCUT2D eigenvalue weighted by Gasteiger charge is 2.12. The Morgan fingerprint density at radius 3 is 2.48 bits per heavy atom. The molecule has 0 unspecified atom stereocenters. The van der Waals surface area contributed by atoms with Gasteiger partial charge in [-0.3, -0.25) is 4.79 Å². The van der Waals surface area contributed by atoms with E-state index in [2.05, 4.69) is 0 Å². The van der Waals surface area contributed by atoms with Crippen LogP contribution in [-0.2, 0) is 0 Å². The molecule has 0 atom stereocenters. The summed E-state index contributed by atoms with van der Waals surface area (Å²) in [6, 6.07) is 11.1. The zero-order valence-electron chi connectivity index (χ0n) is 11.0. The van der Waals surface area contributed by atoms with Gasteiger partial charge in [0.05, 0.1) is 18.2 Å². The number of halogens is 1. The molecular weight excluding hydrogens is 294 g/mol. The Morgan fingerprint density at radius 1 is 1.10 bits per heavy atom. The van der Waals surface area contributed by atoms with Crippen LogP contribution in [0.2, 0.25) is 5.02 Å². The number of fused-ring (bicyclic) bond motifs is 1. The maximum atomic E-state index is 12.5. The van der Waals surface area contributed by atoms with Crippen molar-refractivity contribution in [3.63, 3.8) is 0 Å². The predicted octanol–water partition coefficient (Wildman–Crippen LogP) is 2.61. The highest BCUT2D eigenvalue weighted by atomic mass is 35.5. The number of aromatic nitrogens is 1. The van der Waals surface area contributed by atoms with Gasteiger partial charge in [0.25, 0.3) is 5.56 Å². The van der Waals surface area contributed by atoms with E-state index in [0.717, 1.165) is 4.57 Å². The Bertz CT molecular complexity index is 925. The molecule has 0 saturated carbocycles. The molecule has 0 aliphatic rings. The van der Waals surface area contributed by atoms with Gasteiger partial charge in [-0.2, -0.15) is 0 Å². The fraction of sp³-hybridized carbons (Fsp3) is 0.0667. The predicted molar refractivity (Wildman–Crippen MR) is 79.6 cm³/mol. The number of hydrogen-bond donors (Lipinski definition) is 0. The quantitative estimate of drug-likeness (QED) is 0.730. The van der Waals surface area contributed by atoms with Gasteiger partial charge < -0.3 is 9.15 Å². The molecule has 0 spiro atoms. The first-order chi connectivity index (χ1) is 10.1. The Morgan fingerprint density at radius 2 is 1.81 bits per heavy atom. The molecule has 2 aromatic carbocycles. The van der Waals surface area contributed by atoms with E-state index < -0.39 is 11.3 Å². The van der Waals surface area contributed by atoms with Crippen molar-refractivity contribution in [2.75, 3.05) is 7.11 Å². The molecule has 1 aromatic heterocycles. The van der Waals surface area contributed by atoms with Crippen molar-refractivity contribution in [2.45, 2.75) is 0 Å². The van der Waals surface area contributed by atoms with Crippen LogP contribution in [0.5, 0.6) is 5.75 Å². The van der Waals surface area contributed by atoms with Crippen LogP contribution < -0.4 is 16.1 Å². The fourth-order valence-corrected chi connectivity index (χ4v) is 2.17. The lowest BCUT2D eigenvalue weighted by Gasteiger charge is -2.06. The monoisotopic (exact) mass is 303 g/mol. The Labute approximate surface area is 124 Å². The molecule has 6 heteroatoms. The second kappa shape index (κ2) is 5.10. The van der Waals surface area contributed by atoms with Gasteiger partial charge >= 0.3 is 5.76 Å². The summed E-state index contributed by atoms with van der Waals surface area (Å²) < 4.78 is 11.2. The van der Waals surface area contributed by atoms with E-state index in [9.17, 15) is 9.59 Å². The van der Waals surface area contributed by atoms with Crippen LogP contribution in [0.1, 0.15) is 0 Å². The average Bonchev–Trinajstić information content (AvgIpc) is 2.48. The minimum absolute atomic E-state index is 0.189. The SMILES string of the molecule is COc1ccc2c(=O)n(-c3ccc(Cl)cc3)c(=O)oc2c1. The molecular formula is C15H10ClNO4. The third-order valence-corrected chi connectivity index (χ3v) is 3.34. The van der Waals surface area contributed by atoms with E-state index in [1.807, 2.05) is 0 Å².